The van der Waals surface area contributed by atoms with Gasteiger partial charge in [0, 0.05) is 42.6 Å². The molecule has 0 aliphatic carbocycles. The molecule has 124 valence electrons. The molecule has 4 aromatic heterocycles. The summed E-state index contributed by atoms with van der Waals surface area (Å²) in [6, 6.07) is 5.43. The lowest BCUT2D eigenvalue weighted by Crippen LogP contribution is -2.41. The molecule has 0 spiro atoms. The zero-order chi connectivity index (χ0) is 16.8. The fourth-order valence-corrected chi connectivity index (χ4v) is 4.01. The van der Waals surface area contributed by atoms with Crippen molar-refractivity contribution < 1.29 is 4.79 Å². The molecular weight excluding hydrogens is 336 g/mol. The summed E-state index contributed by atoms with van der Waals surface area (Å²) in [6.45, 7) is 0.598. The third kappa shape index (κ3) is 2.25. The molecular formula is C17H14N6OS. The monoisotopic (exact) mass is 350 g/mol. The van der Waals surface area contributed by atoms with Crippen LogP contribution in [-0.4, -0.2) is 41.7 Å². The van der Waals surface area contributed by atoms with Crippen LogP contribution in [0.25, 0.3) is 4.96 Å². The van der Waals surface area contributed by atoms with E-state index in [4.69, 9.17) is 0 Å². The number of rotatable bonds is 2. The van der Waals surface area contributed by atoms with Gasteiger partial charge in [0.1, 0.15) is 11.7 Å². The average Bonchev–Trinajstić information content (AvgIpc) is 3.36. The van der Waals surface area contributed by atoms with Gasteiger partial charge in [0.15, 0.2) is 4.96 Å². The molecule has 5 rings (SSSR count). The van der Waals surface area contributed by atoms with E-state index in [0.29, 0.717) is 12.2 Å². The highest BCUT2D eigenvalue weighted by atomic mass is 32.1. The quantitative estimate of drug-likeness (QED) is 0.602. The van der Waals surface area contributed by atoms with Gasteiger partial charge in [-0.3, -0.25) is 14.2 Å². The normalized spacial score (nSPS) is 17.0. The summed E-state index contributed by atoms with van der Waals surface area (Å²) >= 11 is 1.51. The van der Waals surface area contributed by atoms with Crippen LogP contribution >= 0.6 is 11.3 Å². The third-order valence-corrected chi connectivity index (χ3v) is 5.24. The minimum Gasteiger partial charge on any atom is -0.348 e. The Morgan fingerprint density at radius 3 is 3.12 bits per heavy atom. The SMILES string of the molecule is O=C(c1cn2ccsc2n1)N1CCc2[nH]cnc2[C@H]1c1ccccn1. The van der Waals surface area contributed by atoms with E-state index < -0.39 is 0 Å². The predicted molar refractivity (Wildman–Crippen MR) is 92.5 cm³/mol. The zero-order valence-electron chi connectivity index (χ0n) is 13.2. The second-order valence-corrected chi connectivity index (χ2v) is 6.76. The molecule has 1 aliphatic rings. The van der Waals surface area contributed by atoms with Crippen LogP contribution in [0.4, 0.5) is 0 Å². The van der Waals surface area contributed by atoms with Gasteiger partial charge in [-0.15, -0.1) is 11.3 Å². The second-order valence-electron chi connectivity index (χ2n) is 5.89. The number of thiazole rings is 1. The summed E-state index contributed by atoms with van der Waals surface area (Å²) in [5.74, 6) is -0.0970. The maximum Gasteiger partial charge on any atom is 0.275 e. The van der Waals surface area contributed by atoms with Crippen molar-refractivity contribution >= 4 is 22.2 Å². The highest BCUT2D eigenvalue weighted by Gasteiger charge is 2.36. The summed E-state index contributed by atoms with van der Waals surface area (Å²) < 4.78 is 1.87. The van der Waals surface area contributed by atoms with E-state index in [0.717, 1.165) is 28.5 Å². The Hall–Kier alpha value is -3.00. The van der Waals surface area contributed by atoms with Crippen molar-refractivity contribution in [3.63, 3.8) is 0 Å². The molecule has 7 nitrogen and oxygen atoms in total. The van der Waals surface area contributed by atoms with Crippen LogP contribution < -0.4 is 0 Å². The van der Waals surface area contributed by atoms with Gasteiger partial charge in [0.25, 0.3) is 5.91 Å². The maximum atomic E-state index is 13.2. The molecule has 5 heterocycles. The van der Waals surface area contributed by atoms with Gasteiger partial charge >= 0.3 is 0 Å². The molecule has 1 aliphatic heterocycles. The molecule has 0 aromatic carbocycles. The summed E-state index contributed by atoms with van der Waals surface area (Å²) in [4.78, 5) is 32.4. The Bertz CT molecular complexity index is 1020. The number of fused-ring (bicyclic) bond motifs is 2. The number of aromatic nitrogens is 5. The topological polar surface area (TPSA) is 79.2 Å². The molecule has 0 unspecified atom stereocenters. The molecule has 1 atom stereocenters. The van der Waals surface area contributed by atoms with Crippen molar-refractivity contribution in [2.45, 2.75) is 12.5 Å². The molecule has 0 saturated heterocycles. The van der Waals surface area contributed by atoms with Crippen LogP contribution in [0.3, 0.4) is 0 Å². The van der Waals surface area contributed by atoms with Crippen LogP contribution in [0.2, 0.25) is 0 Å². The fourth-order valence-electron chi connectivity index (χ4n) is 3.31. The van der Waals surface area contributed by atoms with E-state index in [1.54, 1.807) is 18.7 Å². The Morgan fingerprint density at radius 2 is 2.28 bits per heavy atom. The molecule has 0 fully saturated rings. The summed E-state index contributed by atoms with van der Waals surface area (Å²) in [6.07, 6.45) is 7.85. The highest BCUT2D eigenvalue weighted by Crippen LogP contribution is 2.33. The van der Waals surface area contributed by atoms with Crippen molar-refractivity contribution in [3.8, 4) is 0 Å². The molecule has 1 N–H and O–H groups in total. The van der Waals surface area contributed by atoms with Crippen LogP contribution in [0.1, 0.15) is 33.6 Å². The van der Waals surface area contributed by atoms with E-state index in [-0.39, 0.29) is 11.9 Å². The lowest BCUT2D eigenvalue weighted by molar-refractivity contribution is 0.0682. The smallest absolute Gasteiger partial charge is 0.275 e. The number of H-pyrrole nitrogens is 1. The Morgan fingerprint density at radius 1 is 1.32 bits per heavy atom. The Labute approximate surface area is 147 Å². The largest absolute Gasteiger partial charge is 0.348 e. The number of imidazole rings is 2. The number of carbonyl (C=O) groups excluding carboxylic acids is 1. The Kier molecular flexibility index (Phi) is 3.17. The molecule has 0 saturated carbocycles. The van der Waals surface area contributed by atoms with Gasteiger partial charge in [-0.2, -0.15) is 0 Å². The summed E-state index contributed by atoms with van der Waals surface area (Å²) in [5, 5.41) is 1.95. The van der Waals surface area contributed by atoms with Gasteiger partial charge in [0.05, 0.1) is 17.7 Å². The third-order valence-electron chi connectivity index (χ3n) is 4.47. The van der Waals surface area contributed by atoms with Crippen molar-refractivity contribution in [2.24, 2.45) is 0 Å². The summed E-state index contributed by atoms with van der Waals surface area (Å²) in [7, 11) is 0. The Balaban J connectivity index is 1.59. The predicted octanol–water partition coefficient (Wildman–Crippen LogP) is 2.30. The first-order valence-electron chi connectivity index (χ1n) is 7.97. The van der Waals surface area contributed by atoms with Gasteiger partial charge < -0.3 is 9.88 Å². The summed E-state index contributed by atoms with van der Waals surface area (Å²) in [5.41, 5.74) is 3.18. The van der Waals surface area contributed by atoms with Crippen molar-refractivity contribution in [2.75, 3.05) is 6.54 Å². The first-order chi connectivity index (χ1) is 12.3. The van der Waals surface area contributed by atoms with Crippen LogP contribution in [0.5, 0.6) is 0 Å². The molecule has 0 radical (unpaired) electrons. The highest BCUT2D eigenvalue weighted by molar-refractivity contribution is 7.15. The molecule has 4 aromatic rings. The number of hydrogen-bond acceptors (Lipinski definition) is 5. The number of nitrogens with one attached hydrogen (secondary N) is 1. The van der Waals surface area contributed by atoms with Gasteiger partial charge in [-0.1, -0.05) is 6.07 Å². The van der Waals surface area contributed by atoms with E-state index in [9.17, 15) is 4.79 Å². The number of aromatic amines is 1. The van der Waals surface area contributed by atoms with E-state index >= 15 is 0 Å². The first kappa shape index (κ1) is 14.4. The number of carbonyl (C=O) groups is 1. The number of nitrogens with zero attached hydrogens (tertiary/aromatic N) is 5. The molecule has 0 bridgehead atoms. The van der Waals surface area contributed by atoms with E-state index in [1.807, 2.05) is 39.1 Å². The van der Waals surface area contributed by atoms with Crippen molar-refractivity contribution in [1.82, 2.24) is 29.2 Å². The first-order valence-corrected chi connectivity index (χ1v) is 8.85. The number of pyridine rings is 1. The van der Waals surface area contributed by atoms with Gasteiger partial charge in [0.2, 0.25) is 0 Å². The number of hydrogen-bond donors (Lipinski definition) is 1. The molecule has 25 heavy (non-hydrogen) atoms. The minimum atomic E-state index is -0.302. The van der Waals surface area contributed by atoms with Gasteiger partial charge in [-0.05, 0) is 12.1 Å². The standard InChI is InChI=1S/C17H14N6OS/c24-16(13-9-22-7-8-25-17(22)21-13)23-6-4-11-14(20-10-19-11)15(23)12-3-1-2-5-18-12/h1-3,5,7-10,15H,4,6H2,(H,19,20)/t15-/m1/s1. The second kappa shape index (κ2) is 5.52. The van der Waals surface area contributed by atoms with Gasteiger partial charge in [-0.25, -0.2) is 9.97 Å². The van der Waals surface area contributed by atoms with E-state index in [1.165, 1.54) is 11.3 Å². The lowest BCUT2D eigenvalue weighted by Gasteiger charge is -2.34. The zero-order valence-corrected chi connectivity index (χ0v) is 14.0. The average molecular weight is 350 g/mol. The van der Waals surface area contributed by atoms with Crippen molar-refractivity contribution in [3.05, 3.63) is 71.3 Å². The number of amides is 1. The van der Waals surface area contributed by atoms with Crippen LogP contribution in [-0.2, 0) is 6.42 Å². The van der Waals surface area contributed by atoms with Crippen LogP contribution in [0, 0.1) is 0 Å². The van der Waals surface area contributed by atoms with Crippen LogP contribution in [0.15, 0.2) is 48.5 Å². The molecule has 1 amide bonds. The van der Waals surface area contributed by atoms with E-state index in [2.05, 4.69) is 19.9 Å². The molecule has 8 heteroatoms. The minimum absolute atomic E-state index is 0.0970. The maximum absolute atomic E-state index is 13.2. The fraction of sp³-hybridized carbons (Fsp3) is 0.176. The lowest BCUT2D eigenvalue weighted by atomic mass is 9.99. The van der Waals surface area contributed by atoms with Crippen molar-refractivity contribution in [1.29, 1.82) is 0 Å².